The number of nitrogen functional groups attached to an aromatic ring is 1. The van der Waals surface area contributed by atoms with Crippen LogP contribution in [0.5, 0.6) is 0 Å². The van der Waals surface area contributed by atoms with Crippen LogP contribution in [-0.4, -0.2) is 59.4 Å². The Balaban J connectivity index is 1.85. The van der Waals surface area contributed by atoms with Gasteiger partial charge in [0.25, 0.3) is 0 Å². The first-order valence-corrected chi connectivity index (χ1v) is 9.01. The molecule has 0 bridgehead atoms. The van der Waals surface area contributed by atoms with E-state index in [4.69, 9.17) is 20.3 Å². The Bertz CT molecular complexity index is 771. The van der Waals surface area contributed by atoms with Crippen LogP contribution in [0.15, 0.2) is 12.7 Å². The van der Waals surface area contributed by atoms with Crippen LogP contribution < -0.4 is 5.73 Å². The third-order valence-corrected chi connectivity index (χ3v) is 4.16. The summed E-state index contributed by atoms with van der Waals surface area (Å²) in [5.74, 6) is 0.129. The number of halogens is 1. The predicted molar refractivity (Wildman–Crippen MR) is 79.2 cm³/mol. The third-order valence-electron chi connectivity index (χ3n) is 3.36. The maximum atomic E-state index is 14.3. The molecular formula is C10H13FN5O5PS. The minimum Gasteiger partial charge on any atom is -0.387 e. The average Bonchev–Trinajstić information content (AvgIpc) is 3.01. The van der Waals surface area contributed by atoms with Gasteiger partial charge in [0.05, 0.1) is 12.9 Å². The van der Waals surface area contributed by atoms with Crippen LogP contribution in [0.4, 0.5) is 10.2 Å². The summed E-state index contributed by atoms with van der Waals surface area (Å²) in [6, 6.07) is 0. The fraction of sp³-hybridized carbons (Fsp3) is 0.500. The number of hydrogen-bond acceptors (Lipinski definition) is 8. The van der Waals surface area contributed by atoms with Crippen molar-refractivity contribution in [3.8, 4) is 0 Å². The SMILES string of the molecule is Nc1ncnc2c1ncn2[C@@H]1O[C@H](COP(O)(O)=S)C(O)[C@@H]1F. The highest BCUT2D eigenvalue weighted by atomic mass is 32.5. The lowest BCUT2D eigenvalue weighted by molar-refractivity contribution is -0.0429. The van der Waals surface area contributed by atoms with Crippen molar-refractivity contribution in [1.29, 1.82) is 0 Å². The van der Waals surface area contributed by atoms with E-state index in [2.05, 4.69) is 31.3 Å². The van der Waals surface area contributed by atoms with Gasteiger partial charge in [0.1, 0.15) is 24.1 Å². The van der Waals surface area contributed by atoms with Crippen molar-refractivity contribution in [1.82, 2.24) is 19.5 Å². The molecule has 1 fully saturated rings. The van der Waals surface area contributed by atoms with Gasteiger partial charge in [-0.2, -0.15) is 0 Å². The third kappa shape index (κ3) is 3.19. The molecule has 3 rings (SSSR count). The summed E-state index contributed by atoms with van der Waals surface area (Å²) >= 11 is 4.30. The number of anilines is 1. The van der Waals surface area contributed by atoms with Crippen LogP contribution >= 0.6 is 6.72 Å². The number of fused-ring (bicyclic) bond motifs is 1. The molecule has 1 aliphatic heterocycles. The Morgan fingerprint density at radius 2 is 2.17 bits per heavy atom. The molecule has 0 amide bonds. The maximum absolute atomic E-state index is 14.3. The largest absolute Gasteiger partial charge is 0.387 e. The molecule has 13 heteroatoms. The van der Waals surface area contributed by atoms with Crippen molar-refractivity contribution in [2.75, 3.05) is 12.3 Å². The zero-order valence-corrected chi connectivity index (χ0v) is 13.1. The number of hydrogen-bond donors (Lipinski definition) is 4. The Labute approximate surface area is 134 Å². The van der Waals surface area contributed by atoms with Crippen molar-refractivity contribution in [3.05, 3.63) is 12.7 Å². The normalized spacial score (nSPS) is 28.5. The quantitative estimate of drug-likeness (QED) is 0.509. The van der Waals surface area contributed by atoms with E-state index < -0.39 is 37.9 Å². The number of imidazole rings is 1. The topological polar surface area (TPSA) is 149 Å². The molecule has 3 heterocycles. The van der Waals surface area contributed by atoms with Gasteiger partial charge in [-0.3, -0.25) is 4.57 Å². The van der Waals surface area contributed by atoms with Crippen LogP contribution in [0.3, 0.4) is 0 Å². The molecule has 126 valence electrons. The molecule has 0 spiro atoms. The Kier molecular flexibility index (Phi) is 4.31. The summed E-state index contributed by atoms with van der Waals surface area (Å²) in [6.07, 6.45) is -3.25. The highest BCUT2D eigenvalue weighted by Gasteiger charge is 2.46. The molecule has 1 unspecified atom stereocenters. The lowest BCUT2D eigenvalue weighted by atomic mass is 10.1. The number of nitrogens with zero attached hydrogens (tertiary/aromatic N) is 4. The first-order chi connectivity index (χ1) is 10.8. The van der Waals surface area contributed by atoms with Gasteiger partial charge >= 0.3 is 6.72 Å². The molecule has 5 N–H and O–H groups in total. The maximum Gasteiger partial charge on any atom is 0.321 e. The number of ether oxygens (including phenoxy) is 1. The summed E-state index contributed by atoms with van der Waals surface area (Å²) in [7, 11) is 0. The highest BCUT2D eigenvalue weighted by molar-refractivity contribution is 8.06. The van der Waals surface area contributed by atoms with E-state index in [1.54, 1.807) is 0 Å². The second kappa shape index (κ2) is 5.98. The fourth-order valence-electron chi connectivity index (χ4n) is 2.29. The minimum atomic E-state index is -3.93. The molecule has 0 aliphatic carbocycles. The van der Waals surface area contributed by atoms with Gasteiger partial charge in [-0.05, 0) is 11.8 Å². The second-order valence-corrected chi connectivity index (χ2v) is 7.54. The van der Waals surface area contributed by atoms with Gasteiger partial charge in [-0.1, -0.05) is 0 Å². The van der Waals surface area contributed by atoms with Crippen LogP contribution in [-0.2, 0) is 21.1 Å². The number of aliphatic hydroxyl groups excluding tert-OH is 1. The van der Waals surface area contributed by atoms with Crippen molar-refractivity contribution < 1.29 is 28.5 Å². The second-order valence-electron chi connectivity index (χ2n) is 4.87. The Hall–Kier alpha value is -1.27. The molecule has 23 heavy (non-hydrogen) atoms. The van der Waals surface area contributed by atoms with Gasteiger partial charge in [0.2, 0.25) is 0 Å². The van der Waals surface area contributed by atoms with E-state index in [0.717, 1.165) is 0 Å². The molecule has 1 aliphatic rings. The first-order valence-electron chi connectivity index (χ1n) is 6.38. The van der Waals surface area contributed by atoms with Gasteiger partial charge < -0.3 is 29.9 Å². The summed E-state index contributed by atoms with van der Waals surface area (Å²) in [4.78, 5) is 29.8. The van der Waals surface area contributed by atoms with Crippen LogP contribution in [0, 0.1) is 0 Å². The first kappa shape index (κ1) is 16.6. The summed E-state index contributed by atoms with van der Waals surface area (Å²) < 4.78 is 25.6. The van der Waals surface area contributed by atoms with Crippen molar-refractivity contribution in [2.45, 2.75) is 24.6 Å². The van der Waals surface area contributed by atoms with Gasteiger partial charge in [0, 0.05) is 0 Å². The molecule has 0 radical (unpaired) electrons. The molecule has 0 aromatic carbocycles. The van der Waals surface area contributed by atoms with Crippen LogP contribution in [0.1, 0.15) is 6.23 Å². The Morgan fingerprint density at radius 1 is 1.43 bits per heavy atom. The van der Waals surface area contributed by atoms with Crippen molar-refractivity contribution in [2.24, 2.45) is 0 Å². The van der Waals surface area contributed by atoms with Gasteiger partial charge in [0.15, 0.2) is 23.9 Å². The minimum absolute atomic E-state index is 0.129. The molecule has 4 atom stereocenters. The van der Waals surface area contributed by atoms with E-state index in [-0.39, 0.29) is 17.0 Å². The summed E-state index contributed by atoms with van der Waals surface area (Å²) in [5.41, 5.74) is 6.18. The van der Waals surface area contributed by atoms with E-state index in [1.807, 2.05) is 0 Å². The van der Waals surface area contributed by atoms with E-state index in [1.165, 1.54) is 17.2 Å². The zero-order chi connectivity index (χ0) is 16.8. The van der Waals surface area contributed by atoms with Crippen molar-refractivity contribution in [3.63, 3.8) is 0 Å². The lowest BCUT2D eigenvalue weighted by Gasteiger charge is -2.16. The molecule has 1 saturated heterocycles. The number of aliphatic hydroxyl groups is 1. The van der Waals surface area contributed by atoms with Crippen LogP contribution in [0.2, 0.25) is 0 Å². The predicted octanol–water partition coefficient (Wildman–Crippen LogP) is -0.769. The van der Waals surface area contributed by atoms with E-state index in [0.29, 0.717) is 0 Å². The van der Waals surface area contributed by atoms with E-state index >= 15 is 0 Å². The highest BCUT2D eigenvalue weighted by Crippen LogP contribution is 2.39. The van der Waals surface area contributed by atoms with Gasteiger partial charge in [-0.25, -0.2) is 19.3 Å². The van der Waals surface area contributed by atoms with Crippen LogP contribution in [0.25, 0.3) is 11.2 Å². The summed E-state index contributed by atoms with van der Waals surface area (Å²) in [5, 5.41) is 9.89. The molecule has 2 aromatic rings. The molecular weight excluding hydrogens is 352 g/mol. The smallest absolute Gasteiger partial charge is 0.321 e. The van der Waals surface area contributed by atoms with E-state index in [9.17, 15) is 9.50 Å². The average molecular weight is 365 g/mol. The standard InChI is InChI=1S/C10H13FN5O5PS/c11-5-7(17)4(1-20-22(18,19)23)21-10(5)16-3-15-6-8(12)13-2-14-9(6)16/h2-5,7,10,17H,1H2,(H2,12,13,14)(H2,18,19,23)/t4-,5+,7?,10-/m1/s1. The molecule has 10 nitrogen and oxygen atoms in total. The monoisotopic (exact) mass is 365 g/mol. The lowest BCUT2D eigenvalue weighted by Crippen LogP contribution is -2.31. The van der Waals surface area contributed by atoms with Gasteiger partial charge in [-0.15, -0.1) is 0 Å². The number of nitrogens with two attached hydrogens (primary N) is 1. The summed E-state index contributed by atoms with van der Waals surface area (Å²) in [6.45, 7) is -4.39. The number of alkyl halides is 1. The zero-order valence-electron chi connectivity index (χ0n) is 11.4. The number of rotatable bonds is 4. The Morgan fingerprint density at radius 3 is 2.87 bits per heavy atom. The fourth-order valence-corrected chi connectivity index (χ4v) is 2.82. The van der Waals surface area contributed by atoms with Crippen molar-refractivity contribution >= 4 is 35.5 Å². The molecule has 2 aromatic heterocycles. The number of aromatic nitrogens is 4. The molecule has 0 saturated carbocycles.